The molecule has 0 radical (unpaired) electrons. The highest BCUT2D eigenvalue weighted by atomic mass is 16.3. The van der Waals surface area contributed by atoms with Crippen LogP contribution in [0.15, 0.2) is 24.3 Å². The molecule has 2 heterocycles. The maximum absolute atomic E-state index is 13.3. The number of carbonyl (C=O) groups excluding carboxylic acids is 2. The van der Waals surface area contributed by atoms with E-state index in [1.807, 2.05) is 29.2 Å². The summed E-state index contributed by atoms with van der Waals surface area (Å²) < 4.78 is 0. The fourth-order valence-electron chi connectivity index (χ4n) is 7.79. The highest BCUT2D eigenvalue weighted by Crippen LogP contribution is 2.63. The van der Waals surface area contributed by atoms with Gasteiger partial charge in [-0.25, -0.2) is 0 Å². The third kappa shape index (κ3) is 2.95. The van der Waals surface area contributed by atoms with Gasteiger partial charge in [-0.05, 0) is 67.9 Å². The Kier molecular flexibility index (Phi) is 3.87. The number of para-hydroxylation sites is 1. The predicted molar refractivity (Wildman–Crippen MR) is 113 cm³/mol. The lowest BCUT2D eigenvalue weighted by atomic mass is 9.47. The molecule has 2 unspecified atom stereocenters. The van der Waals surface area contributed by atoms with E-state index in [2.05, 4.69) is 10.6 Å². The average molecular weight is 410 g/mol. The maximum atomic E-state index is 13.3. The van der Waals surface area contributed by atoms with Crippen LogP contribution in [-0.2, 0) is 4.79 Å². The highest BCUT2D eigenvalue weighted by Gasteiger charge is 2.57. The van der Waals surface area contributed by atoms with Crippen molar-refractivity contribution >= 4 is 17.5 Å². The van der Waals surface area contributed by atoms with Crippen molar-refractivity contribution in [2.75, 3.05) is 18.4 Å². The number of carbonyl (C=O) groups is 2. The van der Waals surface area contributed by atoms with Crippen molar-refractivity contribution in [3.05, 3.63) is 29.8 Å². The van der Waals surface area contributed by atoms with Gasteiger partial charge in [-0.2, -0.15) is 0 Å². The Morgan fingerprint density at radius 1 is 1.07 bits per heavy atom. The quantitative estimate of drug-likeness (QED) is 0.702. The summed E-state index contributed by atoms with van der Waals surface area (Å²) in [5.41, 5.74) is 0.600. The average Bonchev–Trinajstić information content (AvgIpc) is 2.66. The minimum atomic E-state index is -0.514. The predicted octanol–water partition coefficient (Wildman–Crippen LogP) is 2.88. The summed E-state index contributed by atoms with van der Waals surface area (Å²) in [6, 6.07) is 7.60. The van der Waals surface area contributed by atoms with Crippen LogP contribution in [0, 0.1) is 17.3 Å². The molecule has 1 spiro atoms. The SMILES string of the molecule is O=C1NC2(CCN(C(=O)CC34CC5CC(CC(O)(C5)C3)C4)CC2)Nc2ccccc21. The van der Waals surface area contributed by atoms with Crippen molar-refractivity contribution < 1.29 is 14.7 Å². The molecule has 4 bridgehead atoms. The summed E-state index contributed by atoms with van der Waals surface area (Å²) in [7, 11) is 0. The zero-order chi connectivity index (χ0) is 20.6. The number of amides is 2. The molecule has 7 rings (SSSR count). The van der Waals surface area contributed by atoms with Gasteiger partial charge in [0.2, 0.25) is 5.91 Å². The Hall–Kier alpha value is -2.08. The van der Waals surface area contributed by atoms with E-state index in [0.29, 0.717) is 49.8 Å². The molecular weight excluding hydrogens is 378 g/mol. The first-order chi connectivity index (χ1) is 14.4. The van der Waals surface area contributed by atoms with Crippen LogP contribution in [0.2, 0.25) is 0 Å². The van der Waals surface area contributed by atoms with Gasteiger partial charge in [-0.3, -0.25) is 9.59 Å². The zero-order valence-electron chi connectivity index (χ0n) is 17.5. The molecule has 3 N–H and O–H groups in total. The Bertz CT molecular complexity index is 891. The Balaban J connectivity index is 1.12. The number of rotatable bonds is 2. The number of hydrogen-bond acceptors (Lipinski definition) is 4. The van der Waals surface area contributed by atoms with E-state index in [-0.39, 0.29) is 17.2 Å². The molecule has 6 nitrogen and oxygen atoms in total. The first-order valence-corrected chi connectivity index (χ1v) is 11.6. The Labute approximate surface area is 177 Å². The van der Waals surface area contributed by atoms with Crippen molar-refractivity contribution in [3.63, 3.8) is 0 Å². The molecule has 4 saturated carbocycles. The smallest absolute Gasteiger partial charge is 0.255 e. The molecule has 2 aliphatic heterocycles. The normalized spacial score (nSPS) is 38.2. The number of anilines is 1. The van der Waals surface area contributed by atoms with Gasteiger partial charge in [-0.15, -0.1) is 0 Å². The van der Waals surface area contributed by atoms with E-state index < -0.39 is 11.3 Å². The van der Waals surface area contributed by atoms with Crippen LogP contribution >= 0.6 is 0 Å². The molecule has 5 fully saturated rings. The van der Waals surface area contributed by atoms with Crippen molar-refractivity contribution in [1.29, 1.82) is 0 Å². The first-order valence-electron chi connectivity index (χ1n) is 11.6. The number of likely N-dealkylation sites (tertiary alicyclic amines) is 1. The lowest BCUT2D eigenvalue weighted by Gasteiger charge is -2.60. The van der Waals surface area contributed by atoms with Crippen LogP contribution in [0.5, 0.6) is 0 Å². The van der Waals surface area contributed by atoms with Gasteiger partial charge in [0, 0.05) is 38.0 Å². The number of piperidine rings is 1. The lowest BCUT2D eigenvalue weighted by Crippen LogP contribution is -2.63. The summed E-state index contributed by atoms with van der Waals surface area (Å²) in [6.45, 7) is 1.31. The molecule has 6 aliphatic rings. The summed E-state index contributed by atoms with van der Waals surface area (Å²) in [5, 5.41) is 17.7. The van der Waals surface area contributed by atoms with Gasteiger partial charge in [0.1, 0.15) is 5.66 Å². The van der Waals surface area contributed by atoms with E-state index in [1.165, 1.54) is 6.42 Å². The Morgan fingerprint density at radius 2 is 1.77 bits per heavy atom. The molecular formula is C24H31N3O3. The molecule has 1 aromatic rings. The first kappa shape index (κ1) is 18.7. The number of fused-ring (bicyclic) bond motifs is 1. The third-order valence-electron chi connectivity index (χ3n) is 8.55. The van der Waals surface area contributed by atoms with Crippen molar-refractivity contribution in [2.45, 2.75) is 69.1 Å². The van der Waals surface area contributed by atoms with Gasteiger partial charge in [0.05, 0.1) is 11.2 Å². The van der Waals surface area contributed by atoms with Gasteiger partial charge < -0.3 is 20.6 Å². The standard InChI is InChI=1S/C24H31N3O3/c28-20(14-22-10-16-9-17(11-22)13-23(30,12-16)15-22)27-7-5-24(6-8-27)25-19-4-2-1-3-18(19)21(29)26-24/h1-4,16-17,25,30H,5-15H2,(H,26,29). The Morgan fingerprint density at radius 3 is 2.47 bits per heavy atom. The minimum absolute atomic E-state index is 0.0152. The summed E-state index contributed by atoms with van der Waals surface area (Å²) in [4.78, 5) is 27.8. The minimum Gasteiger partial charge on any atom is -0.390 e. The van der Waals surface area contributed by atoms with Gasteiger partial charge >= 0.3 is 0 Å². The van der Waals surface area contributed by atoms with E-state index in [0.717, 1.165) is 37.8 Å². The van der Waals surface area contributed by atoms with Gasteiger partial charge in [-0.1, -0.05) is 12.1 Å². The topological polar surface area (TPSA) is 81.7 Å². The molecule has 4 aliphatic carbocycles. The van der Waals surface area contributed by atoms with E-state index in [4.69, 9.17) is 0 Å². The molecule has 6 heteroatoms. The van der Waals surface area contributed by atoms with Gasteiger partial charge in [0.15, 0.2) is 0 Å². The van der Waals surface area contributed by atoms with Crippen LogP contribution in [0.25, 0.3) is 0 Å². The van der Waals surface area contributed by atoms with Crippen LogP contribution in [0.1, 0.15) is 68.1 Å². The van der Waals surface area contributed by atoms with E-state index >= 15 is 0 Å². The number of hydrogen-bond donors (Lipinski definition) is 3. The monoisotopic (exact) mass is 409 g/mol. The fourth-order valence-corrected chi connectivity index (χ4v) is 7.79. The second-order valence-electron chi connectivity index (χ2n) is 10.9. The summed E-state index contributed by atoms with van der Waals surface area (Å²) in [6.07, 6.45) is 8.17. The molecule has 160 valence electrons. The maximum Gasteiger partial charge on any atom is 0.255 e. The van der Waals surface area contributed by atoms with E-state index in [1.54, 1.807) is 0 Å². The van der Waals surface area contributed by atoms with Crippen LogP contribution in [-0.4, -0.2) is 46.2 Å². The van der Waals surface area contributed by atoms with Crippen molar-refractivity contribution in [3.8, 4) is 0 Å². The third-order valence-corrected chi connectivity index (χ3v) is 8.55. The van der Waals surface area contributed by atoms with Crippen LogP contribution < -0.4 is 10.6 Å². The van der Waals surface area contributed by atoms with Crippen molar-refractivity contribution in [2.24, 2.45) is 17.3 Å². The molecule has 1 aromatic carbocycles. The summed E-state index contributed by atoms with van der Waals surface area (Å²) in [5.74, 6) is 1.41. The second-order valence-corrected chi connectivity index (χ2v) is 10.9. The largest absolute Gasteiger partial charge is 0.390 e. The fraction of sp³-hybridized carbons (Fsp3) is 0.667. The zero-order valence-corrected chi connectivity index (χ0v) is 17.5. The molecule has 30 heavy (non-hydrogen) atoms. The van der Waals surface area contributed by atoms with Gasteiger partial charge in [0.25, 0.3) is 5.91 Å². The van der Waals surface area contributed by atoms with E-state index in [9.17, 15) is 14.7 Å². The van der Waals surface area contributed by atoms with Crippen molar-refractivity contribution in [1.82, 2.24) is 10.2 Å². The highest BCUT2D eigenvalue weighted by molar-refractivity contribution is 6.02. The second kappa shape index (κ2) is 6.22. The molecule has 1 saturated heterocycles. The number of nitrogens with one attached hydrogen (secondary N) is 2. The number of nitrogens with zero attached hydrogens (tertiary/aromatic N) is 1. The number of benzene rings is 1. The number of aliphatic hydroxyl groups is 1. The lowest BCUT2D eigenvalue weighted by molar-refractivity contribution is -0.172. The molecule has 2 amide bonds. The summed E-state index contributed by atoms with van der Waals surface area (Å²) >= 11 is 0. The van der Waals surface area contributed by atoms with Crippen LogP contribution in [0.4, 0.5) is 5.69 Å². The van der Waals surface area contributed by atoms with Crippen LogP contribution in [0.3, 0.4) is 0 Å². The molecule has 2 atom stereocenters. The molecule has 0 aromatic heterocycles.